The third kappa shape index (κ3) is 4.93. The van der Waals surface area contributed by atoms with Crippen LogP contribution in [0.5, 0.6) is 0 Å². The zero-order chi connectivity index (χ0) is 21.0. The van der Waals surface area contributed by atoms with Crippen molar-refractivity contribution in [3.63, 3.8) is 0 Å². The highest BCUT2D eigenvalue weighted by Crippen LogP contribution is 2.34. The van der Waals surface area contributed by atoms with Gasteiger partial charge in [-0.1, -0.05) is 25.3 Å². The monoisotopic (exact) mass is 406 g/mol. The van der Waals surface area contributed by atoms with Crippen LogP contribution in [0.2, 0.25) is 0 Å². The Bertz CT molecular complexity index is 778. The van der Waals surface area contributed by atoms with Gasteiger partial charge in [-0.3, -0.25) is 14.4 Å². The van der Waals surface area contributed by atoms with Gasteiger partial charge in [-0.2, -0.15) is 0 Å². The molecular weight excluding hydrogens is 379 g/mol. The first kappa shape index (κ1) is 21.2. The molecule has 1 saturated heterocycles. The molecule has 1 unspecified atom stereocenters. The highest BCUT2D eigenvalue weighted by atomic mass is 19.1. The van der Waals surface area contributed by atoms with Crippen LogP contribution in [-0.2, 0) is 14.3 Å². The number of amides is 2. The maximum atomic E-state index is 13.6. The Kier molecular flexibility index (Phi) is 6.52. The van der Waals surface area contributed by atoms with Gasteiger partial charge in [0, 0.05) is 25.1 Å². The fourth-order valence-electron chi connectivity index (χ4n) is 4.22. The van der Waals surface area contributed by atoms with Crippen LogP contribution in [0.1, 0.15) is 48.9 Å². The van der Waals surface area contributed by atoms with Gasteiger partial charge in [0.25, 0.3) is 5.91 Å². The van der Waals surface area contributed by atoms with Crippen molar-refractivity contribution in [2.75, 3.05) is 26.7 Å². The number of hydrogen-bond acceptors (Lipinski definition) is 5. The zero-order valence-corrected chi connectivity index (χ0v) is 16.6. The highest BCUT2D eigenvalue weighted by molar-refractivity contribution is 5.98. The van der Waals surface area contributed by atoms with E-state index < -0.39 is 35.2 Å². The SMILES string of the molecule is COC(=O)CN1CCN(C(=O)c2cccc(F)c2)C(CC2(O)CCCCC2)C1=O. The molecule has 1 saturated carbocycles. The van der Waals surface area contributed by atoms with Gasteiger partial charge in [-0.25, -0.2) is 4.39 Å². The molecule has 8 heteroatoms. The fraction of sp³-hybridized carbons (Fsp3) is 0.571. The van der Waals surface area contributed by atoms with Gasteiger partial charge in [0.05, 0.1) is 12.7 Å². The Labute approximate surface area is 169 Å². The second kappa shape index (κ2) is 8.90. The number of nitrogens with zero attached hydrogens (tertiary/aromatic N) is 2. The molecule has 1 N–H and O–H groups in total. The second-order valence-corrected chi connectivity index (χ2v) is 7.85. The Balaban J connectivity index is 1.86. The van der Waals surface area contributed by atoms with Crippen LogP contribution in [0.3, 0.4) is 0 Å². The van der Waals surface area contributed by atoms with Crippen molar-refractivity contribution >= 4 is 17.8 Å². The molecular formula is C21H27FN2O5. The number of carbonyl (C=O) groups excluding carboxylic acids is 3. The third-order valence-electron chi connectivity index (χ3n) is 5.82. The second-order valence-electron chi connectivity index (χ2n) is 7.85. The van der Waals surface area contributed by atoms with E-state index in [2.05, 4.69) is 4.74 Å². The van der Waals surface area contributed by atoms with Crippen LogP contribution >= 0.6 is 0 Å². The molecule has 1 aliphatic carbocycles. The summed E-state index contributed by atoms with van der Waals surface area (Å²) in [4.78, 5) is 40.6. The van der Waals surface area contributed by atoms with E-state index in [1.54, 1.807) is 0 Å². The molecule has 1 heterocycles. The lowest BCUT2D eigenvalue weighted by atomic mass is 9.79. The maximum absolute atomic E-state index is 13.6. The fourth-order valence-corrected chi connectivity index (χ4v) is 4.22. The van der Waals surface area contributed by atoms with Crippen molar-refractivity contribution in [3.05, 3.63) is 35.6 Å². The minimum atomic E-state index is -1.03. The summed E-state index contributed by atoms with van der Waals surface area (Å²) in [6.07, 6.45) is 3.99. The molecule has 2 fully saturated rings. The van der Waals surface area contributed by atoms with Crippen LogP contribution < -0.4 is 0 Å². The number of piperazine rings is 1. The van der Waals surface area contributed by atoms with Crippen molar-refractivity contribution in [3.8, 4) is 0 Å². The molecule has 1 aliphatic heterocycles. The van der Waals surface area contributed by atoms with Gasteiger partial charge in [0.2, 0.25) is 5.91 Å². The average Bonchev–Trinajstić information content (AvgIpc) is 2.71. The van der Waals surface area contributed by atoms with E-state index >= 15 is 0 Å². The van der Waals surface area contributed by atoms with E-state index in [-0.39, 0.29) is 31.6 Å². The molecule has 0 aromatic heterocycles. The smallest absolute Gasteiger partial charge is 0.325 e. The summed E-state index contributed by atoms with van der Waals surface area (Å²) in [6.45, 7) is 0.162. The first-order chi connectivity index (χ1) is 13.8. The third-order valence-corrected chi connectivity index (χ3v) is 5.82. The number of rotatable bonds is 5. The standard InChI is InChI=1S/C21H27FN2O5/c1-29-18(25)14-23-10-11-24(19(26)15-6-5-7-16(22)12-15)17(20(23)27)13-21(28)8-3-2-4-9-21/h5-7,12,17,28H,2-4,8-11,13-14H2,1H3. The lowest BCUT2D eigenvalue weighted by Crippen LogP contribution is -2.61. The van der Waals surface area contributed by atoms with Crippen LogP contribution in [0, 0.1) is 5.82 Å². The molecule has 7 nitrogen and oxygen atoms in total. The number of halogens is 1. The highest BCUT2D eigenvalue weighted by Gasteiger charge is 2.43. The van der Waals surface area contributed by atoms with Crippen LogP contribution in [0.15, 0.2) is 24.3 Å². The molecule has 1 aromatic rings. The van der Waals surface area contributed by atoms with Gasteiger partial charge in [-0.05, 0) is 31.0 Å². The molecule has 1 aromatic carbocycles. The van der Waals surface area contributed by atoms with Gasteiger partial charge in [-0.15, -0.1) is 0 Å². The van der Waals surface area contributed by atoms with Gasteiger partial charge in [0.1, 0.15) is 18.4 Å². The Morgan fingerprint density at radius 3 is 2.62 bits per heavy atom. The van der Waals surface area contributed by atoms with Crippen molar-refractivity contribution in [2.24, 2.45) is 0 Å². The molecule has 29 heavy (non-hydrogen) atoms. The first-order valence-corrected chi connectivity index (χ1v) is 9.97. The minimum absolute atomic E-state index is 0.102. The van der Waals surface area contributed by atoms with Crippen LogP contribution in [0.4, 0.5) is 4.39 Å². The summed E-state index contributed by atoms with van der Waals surface area (Å²) in [5.74, 6) is -1.93. The lowest BCUT2D eigenvalue weighted by Gasteiger charge is -2.44. The molecule has 2 amide bonds. The Hall–Kier alpha value is -2.48. The van der Waals surface area contributed by atoms with Crippen LogP contribution in [0.25, 0.3) is 0 Å². The minimum Gasteiger partial charge on any atom is -0.468 e. The Morgan fingerprint density at radius 1 is 1.24 bits per heavy atom. The number of benzene rings is 1. The van der Waals surface area contributed by atoms with E-state index in [0.29, 0.717) is 12.8 Å². The van der Waals surface area contributed by atoms with E-state index in [9.17, 15) is 23.9 Å². The number of carbonyl (C=O) groups is 3. The van der Waals surface area contributed by atoms with E-state index in [1.165, 1.54) is 35.1 Å². The molecule has 0 bridgehead atoms. The van der Waals surface area contributed by atoms with E-state index in [4.69, 9.17) is 0 Å². The summed E-state index contributed by atoms with van der Waals surface area (Å²) >= 11 is 0. The predicted octanol–water partition coefficient (Wildman–Crippen LogP) is 1.74. The maximum Gasteiger partial charge on any atom is 0.325 e. The summed E-state index contributed by atoms with van der Waals surface area (Å²) in [7, 11) is 1.25. The number of hydrogen-bond donors (Lipinski definition) is 1. The number of methoxy groups -OCH3 is 1. The Morgan fingerprint density at radius 2 is 1.97 bits per heavy atom. The summed E-state index contributed by atoms with van der Waals surface area (Å²) < 4.78 is 18.3. The molecule has 158 valence electrons. The molecule has 3 rings (SSSR count). The van der Waals surface area contributed by atoms with Crippen molar-refractivity contribution in [2.45, 2.75) is 50.2 Å². The molecule has 1 atom stereocenters. The van der Waals surface area contributed by atoms with Crippen molar-refractivity contribution in [1.82, 2.24) is 9.80 Å². The normalized spacial score (nSPS) is 21.8. The first-order valence-electron chi connectivity index (χ1n) is 9.97. The molecule has 0 radical (unpaired) electrons. The molecule has 2 aliphatic rings. The predicted molar refractivity (Wildman–Crippen MR) is 102 cm³/mol. The topological polar surface area (TPSA) is 87.2 Å². The van der Waals surface area contributed by atoms with E-state index in [0.717, 1.165) is 25.3 Å². The summed E-state index contributed by atoms with van der Waals surface area (Å²) in [6, 6.07) is 4.43. The van der Waals surface area contributed by atoms with Gasteiger partial charge < -0.3 is 19.6 Å². The summed E-state index contributed by atoms with van der Waals surface area (Å²) in [5.41, 5.74) is -0.882. The number of esters is 1. The van der Waals surface area contributed by atoms with Gasteiger partial charge in [0.15, 0.2) is 0 Å². The van der Waals surface area contributed by atoms with Crippen LogP contribution in [-0.4, -0.2) is 71.1 Å². The average molecular weight is 406 g/mol. The zero-order valence-electron chi connectivity index (χ0n) is 16.6. The van der Waals surface area contributed by atoms with Crippen molar-refractivity contribution in [1.29, 1.82) is 0 Å². The van der Waals surface area contributed by atoms with E-state index in [1.807, 2.05) is 0 Å². The largest absolute Gasteiger partial charge is 0.468 e. The molecule has 0 spiro atoms. The summed E-state index contributed by atoms with van der Waals surface area (Å²) in [5, 5.41) is 11.0. The number of aliphatic hydroxyl groups is 1. The lowest BCUT2D eigenvalue weighted by molar-refractivity contribution is -0.153. The quantitative estimate of drug-likeness (QED) is 0.753. The number of ether oxygens (including phenoxy) is 1. The van der Waals surface area contributed by atoms with Gasteiger partial charge >= 0.3 is 5.97 Å². The van der Waals surface area contributed by atoms with Crippen molar-refractivity contribution < 1.29 is 28.6 Å².